The Morgan fingerprint density at radius 2 is 1.02 bits per heavy atom. The topological polar surface area (TPSA) is 38.0 Å². The van der Waals surface area contributed by atoms with Gasteiger partial charge in [-0.15, -0.1) is 0 Å². The van der Waals surface area contributed by atoms with E-state index in [-0.39, 0.29) is 0 Å². The number of benzene rings is 7. The van der Waals surface area contributed by atoms with Crippen molar-refractivity contribution in [1.29, 1.82) is 5.26 Å². The number of rotatable bonds is 4. The van der Waals surface area contributed by atoms with Gasteiger partial charge in [-0.1, -0.05) is 109 Å². The summed E-state index contributed by atoms with van der Waals surface area (Å²) >= 11 is 0. The lowest BCUT2D eigenvalue weighted by atomic mass is 9.96. The van der Waals surface area contributed by atoms with Crippen LogP contribution in [0.15, 0.2) is 158 Å². The monoisotopic (exact) mass is 610 g/mol. The molecule has 7 aromatic carbocycles. The summed E-state index contributed by atoms with van der Waals surface area (Å²) in [6.07, 6.45) is 0. The third kappa shape index (κ3) is 4.14. The molecule has 0 spiro atoms. The van der Waals surface area contributed by atoms with Crippen LogP contribution < -0.4 is 0 Å². The van der Waals surface area contributed by atoms with Crippen LogP contribution in [0.3, 0.4) is 0 Å². The van der Waals surface area contributed by atoms with Gasteiger partial charge in [0.1, 0.15) is 0 Å². The lowest BCUT2D eigenvalue weighted by Crippen LogP contribution is -1.97. The third-order valence-electron chi connectivity index (χ3n) is 9.40. The quantitative estimate of drug-likeness (QED) is 0.183. The smallest absolute Gasteiger partial charge is 0.189 e. The molecule has 0 atom stereocenters. The number of nitrogens with zero attached hydrogens (tertiary/aromatic N) is 4. The molecule has 0 saturated carbocycles. The molecule has 0 unspecified atom stereocenters. The molecule has 0 aliphatic rings. The molecule has 2 heterocycles. The Kier molecular flexibility index (Phi) is 6.22. The van der Waals surface area contributed by atoms with E-state index in [1.165, 1.54) is 10.8 Å². The number of nitriles is 1. The lowest BCUT2D eigenvalue weighted by Gasteiger charge is -2.15. The van der Waals surface area contributed by atoms with Crippen LogP contribution in [0.25, 0.3) is 82.1 Å². The average molecular weight is 611 g/mol. The van der Waals surface area contributed by atoms with Gasteiger partial charge in [0, 0.05) is 43.9 Å². The van der Waals surface area contributed by atoms with Crippen molar-refractivity contribution in [3.05, 3.63) is 175 Å². The first-order chi connectivity index (χ1) is 23.7. The SMILES string of the molecule is [C-]#[N+]c1ccc2c3ccccc3n(-c3ccccc3-c3ccc(-c4cc(-n5c6ccccc6c6ccccc65)ccc4C#N)cc3)c2c1. The van der Waals surface area contributed by atoms with Crippen molar-refractivity contribution >= 4 is 49.3 Å². The molecular weight excluding hydrogens is 585 g/mol. The van der Waals surface area contributed by atoms with Crippen molar-refractivity contribution in [3.63, 3.8) is 0 Å². The number of hydrogen-bond donors (Lipinski definition) is 0. The second-order valence-corrected chi connectivity index (χ2v) is 12.0. The van der Waals surface area contributed by atoms with Crippen LogP contribution in [0.4, 0.5) is 5.69 Å². The van der Waals surface area contributed by atoms with Gasteiger partial charge in [0.05, 0.1) is 40.4 Å². The molecule has 222 valence electrons. The van der Waals surface area contributed by atoms with E-state index in [0.29, 0.717) is 11.3 Å². The number of para-hydroxylation sites is 4. The maximum atomic E-state index is 10.2. The first-order valence-electron chi connectivity index (χ1n) is 15.9. The van der Waals surface area contributed by atoms with Gasteiger partial charge in [-0.3, -0.25) is 0 Å². The molecule has 0 fully saturated rings. The predicted molar refractivity (Wildman–Crippen MR) is 197 cm³/mol. The highest BCUT2D eigenvalue weighted by atomic mass is 15.0. The van der Waals surface area contributed by atoms with Crippen LogP contribution in [-0.4, -0.2) is 9.13 Å². The number of hydrogen-bond acceptors (Lipinski definition) is 1. The Balaban J connectivity index is 1.18. The van der Waals surface area contributed by atoms with Crippen LogP contribution in [0, 0.1) is 17.9 Å². The van der Waals surface area contributed by atoms with Crippen molar-refractivity contribution < 1.29 is 0 Å². The summed E-state index contributed by atoms with van der Waals surface area (Å²) in [4.78, 5) is 3.72. The van der Waals surface area contributed by atoms with Gasteiger partial charge < -0.3 is 9.13 Å². The van der Waals surface area contributed by atoms with E-state index < -0.39 is 0 Å². The Bertz CT molecular complexity index is 2750. The molecule has 0 amide bonds. The molecule has 0 radical (unpaired) electrons. The zero-order chi connectivity index (χ0) is 32.2. The molecule has 0 bridgehead atoms. The first kappa shape index (κ1) is 27.4. The highest BCUT2D eigenvalue weighted by Crippen LogP contribution is 2.39. The predicted octanol–water partition coefficient (Wildman–Crippen LogP) is 11.6. The van der Waals surface area contributed by atoms with Crippen LogP contribution >= 0.6 is 0 Å². The van der Waals surface area contributed by atoms with Crippen molar-refractivity contribution in [3.8, 4) is 39.7 Å². The van der Waals surface area contributed by atoms with Crippen molar-refractivity contribution in [2.24, 2.45) is 0 Å². The maximum absolute atomic E-state index is 10.2. The minimum Gasteiger partial charge on any atom is -0.310 e. The molecule has 0 aliphatic heterocycles. The third-order valence-corrected chi connectivity index (χ3v) is 9.40. The molecule has 9 aromatic rings. The zero-order valence-corrected chi connectivity index (χ0v) is 25.8. The van der Waals surface area contributed by atoms with Gasteiger partial charge in [-0.25, -0.2) is 4.85 Å². The van der Waals surface area contributed by atoms with Crippen molar-refractivity contribution in [1.82, 2.24) is 9.13 Å². The molecule has 9 rings (SSSR count). The van der Waals surface area contributed by atoms with Gasteiger partial charge in [0.25, 0.3) is 0 Å². The van der Waals surface area contributed by atoms with E-state index in [4.69, 9.17) is 6.57 Å². The second-order valence-electron chi connectivity index (χ2n) is 12.0. The minimum atomic E-state index is 0.616. The highest BCUT2D eigenvalue weighted by Gasteiger charge is 2.17. The number of fused-ring (bicyclic) bond motifs is 6. The summed E-state index contributed by atoms with van der Waals surface area (Å²) in [5.74, 6) is 0. The summed E-state index contributed by atoms with van der Waals surface area (Å²) in [6.45, 7) is 7.64. The Morgan fingerprint density at radius 3 is 1.65 bits per heavy atom. The van der Waals surface area contributed by atoms with E-state index in [1.54, 1.807) is 0 Å². The fraction of sp³-hybridized carbons (Fsp3) is 0. The molecule has 0 aliphatic carbocycles. The molecule has 48 heavy (non-hydrogen) atoms. The van der Waals surface area contributed by atoms with Crippen LogP contribution in [0.5, 0.6) is 0 Å². The van der Waals surface area contributed by atoms with Gasteiger partial charge in [0.15, 0.2) is 5.69 Å². The summed E-state index contributed by atoms with van der Waals surface area (Å²) in [6, 6.07) is 56.7. The lowest BCUT2D eigenvalue weighted by molar-refractivity contribution is 1.18. The highest BCUT2D eigenvalue weighted by molar-refractivity contribution is 6.11. The molecular formula is C44H26N4. The van der Waals surface area contributed by atoms with Crippen LogP contribution in [-0.2, 0) is 0 Å². The van der Waals surface area contributed by atoms with Crippen molar-refractivity contribution in [2.45, 2.75) is 0 Å². The van der Waals surface area contributed by atoms with Gasteiger partial charge in [0.2, 0.25) is 0 Å². The van der Waals surface area contributed by atoms with Crippen LogP contribution in [0.2, 0.25) is 0 Å². The van der Waals surface area contributed by atoms with Crippen LogP contribution in [0.1, 0.15) is 5.56 Å². The van der Waals surface area contributed by atoms with Gasteiger partial charge in [-0.05, 0) is 59.7 Å². The Morgan fingerprint density at radius 1 is 0.479 bits per heavy atom. The molecule has 4 heteroatoms. The zero-order valence-electron chi connectivity index (χ0n) is 25.8. The fourth-order valence-electron chi connectivity index (χ4n) is 7.24. The van der Waals surface area contributed by atoms with Gasteiger partial charge in [-0.2, -0.15) is 5.26 Å². The van der Waals surface area contributed by atoms with E-state index in [0.717, 1.165) is 66.5 Å². The second kappa shape index (κ2) is 10.9. The molecule has 2 aromatic heterocycles. The summed E-state index contributed by atoms with van der Waals surface area (Å²) in [5, 5.41) is 14.8. The first-order valence-corrected chi connectivity index (χ1v) is 15.9. The normalized spacial score (nSPS) is 11.3. The summed E-state index contributed by atoms with van der Waals surface area (Å²) < 4.78 is 4.55. The Hall–Kier alpha value is -6.88. The summed E-state index contributed by atoms with van der Waals surface area (Å²) in [5.41, 5.74) is 11.7. The van der Waals surface area contributed by atoms with E-state index in [9.17, 15) is 5.26 Å². The van der Waals surface area contributed by atoms with E-state index in [1.807, 2.05) is 24.3 Å². The molecule has 0 N–H and O–H groups in total. The average Bonchev–Trinajstić information content (AvgIpc) is 3.67. The molecule has 0 saturated heterocycles. The van der Waals surface area contributed by atoms with E-state index >= 15 is 0 Å². The summed E-state index contributed by atoms with van der Waals surface area (Å²) in [7, 11) is 0. The number of aromatic nitrogens is 2. The van der Waals surface area contributed by atoms with Gasteiger partial charge >= 0.3 is 0 Å². The van der Waals surface area contributed by atoms with Crippen molar-refractivity contribution in [2.75, 3.05) is 0 Å². The standard InChI is InChI=1S/C44H26N4/c1-46-32-23-25-38-37-13-5-9-17-43(37)48(44(38)26-32)40-14-6-2-10-34(40)29-18-20-30(21-19-29)39-27-33(24-22-31(39)28-45)47-41-15-7-3-11-35(41)36-12-4-8-16-42(36)47/h2-27H. The largest absolute Gasteiger partial charge is 0.310 e. The Labute approximate surface area is 277 Å². The molecule has 4 nitrogen and oxygen atoms in total. The van der Waals surface area contributed by atoms with E-state index in [2.05, 4.69) is 154 Å². The maximum Gasteiger partial charge on any atom is 0.189 e. The minimum absolute atomic E-state index is 0.616. The fourth-order valence-corrected chi connectivity index (χ4v) is 7.24.